The van der Waals surface area contributed by atoms with Gasteiger partial charge in [-0.2, -0.15) is 0 Å². The number of urea groups is 1. The largest absolute Gasteiger partial charge is 0.461 e. The molecule has 0 aromatic heterocycles. The summed E-state index contributed by atoms with van der Waals surface area (Å²) in [4.78, 5) is 51.3. The molecule has 13 heteroatoms. The van der Waals surface area contributed by atoms with E-state index in [0.29, 0.717) is 41.8 Å². The van der Waals surface area contributed by atoms with E-state index in [4.69, 9.17) is 37.4 Å². The lowest BCUT2D eigenvalue weighted by atomic mass is 10.1. The van der Waals surface area contributed by atoms with Crippen LogP contribution in [0, 0.1) is 0 Å². The number of carbonyl (C=O) groups excluding carboxylic acids is 4. The van der Waals surface area contributed by atoms with Gasteiger partial charge in [0.15, 0.2) is 0 Å². The van der Waals surface area contributed by atoms with Gasteiger partial charge in [-0.05, 0) is 36.2 Å². The number of alkyl halides is 2. The number of carbonyl (C=O) groups is 4. The maximum Gasteiger partial charge on any atom is 0.412 e. The average molecular weight is 636 g/mol. The fraction of sp³-hybridized carbons (Fsp3) is 0.333. The van der Waals surface area contributed by atoms with Crippen molar-refractivity contribution in [2.24, 2.45) is 0 Å². The summed E-state index contributed by atoms with van der Waals surface area (Å²) in [5.41, 5.74) is 2.43. The van der Waals surface area contributed by atoms with Crippen molar-refractivity contribution in [3.8, 4) is 0 Å². The average Bonchev–Trinajstić information content (AvgIpc) is 3.00. The van der Waals surface area contributed by atoms with Gasteiger partial charge >= 0.3 is 24.1 Å². The lowest BCUT2D eigenvalue weighted by Crippen LogP contribution is -2.44. The zero-order chi connectivity index (χ0) is 31.5. The Morgan fingerprint density at radius 3 is 2.16 bits per heavy atom. The summed E-state index contributed by atoms with van der Waals surface area (Å²) < 4.78 is 15.3. The van der Waals surface area contributed by atoms with Crippen LogP contribution in [-0.4, -0.2) is 68.2 Å². The van der Waals surface area contributed by atoms with Gasteiger partial charge in [0.2, 0.25) is 0 Å². The van der Waals surface area contributed by atoms with Gasteiger partial charge in [-0.1, -0.05) is 49.6 Å². The standard InChI is InChI=1S/C30H36Cl2N4O7/c1-3-19-41-27(37)14-13-25(28(38)42-20-4-2)34-29(39)33-23-11-9-22(10-12-23)21-43-30(40)35-24-7-5-6-8-26(24)36(17-15-31)18-16-32/h3-12,25H,1-2,13-21H2,(H,35,40)(H2,33,34,39)/t25-/m0/s1. The minimum Gasteiger partial charge on any atom is -0.461 e. The van der Waals surface area contributed by atoms with E-state index >= 15 is 0 Å². The Morgan fingerprint density at radius 1 is 0.860 bits per heavy atom. The van der Waals surface area contributed by atoms with Crippen LogP contribution in [0.4, 0.5) is 26.7 Å². The summed E-state index contributed by atoms with van der Waals surface area (Å²) in [6.45, 7) is 8.05. The number of ether oxygens (including phenoxy) is 3. The number of halogens is 2. The quantitative estimate of drug-likeness (QED) is 0.0853. The van der Waals surface area contributed by atoms with Crippen molar-refractivity contribution in [2.75, 3.05) is 53.6 Å². The minimum absolute atomic E-state index is 0.0211. The fourth-order valence-corrected chi connectivity index (χ4v) is 4.10. The van der Waals surface area contributed by atoms with Crippen molar-refractivity contribution in [3.05, 3.63) is 79.4 Å². The van der Waals surface area contributed by atoms with Crippen LogP contribution >= 0.6 is 23.2 Å². The third-order valence-electron chi connectivity index (χ3n) is 5.70. The first-order valence-corrected chi connectivity index (χ1v) is 14.5. The van der Waals surface area contributed by atoms with Crippen LogP contribution in [0.25, 0.3) is 0 Å². The van der Waals surface area contributed by atoms with Crippen molar-refractivity contribution < 1.29 is 33.4 Å². The first kappa shape index (κ1) is 35.0. The van der Waals surface area contributed by atoms with Gasteiger partial charge in [0.25, 0.3) is 0 Å². The van der Waals surface area contributed by atoms with Crippen molar-refractivity contribution in [1.82, 2.24) is 5.32 Å². The van der Waals surface area contributed by atoms with Gasteiger partial charge in [-0.25, -0.2) is 14.4 Å². The number of para-hydroxylation sites is 2. The fourth-order valence-electron chi connectivity index (χ4n) is 3.69. The molecule has 0 saturated carbocycles. The SMILES string of the molecule is C=CCOC(=O)CC[C@H](NC(=O)Nc1ccc(COC(=O)Nc2ccccc2N(CCCl)CCCl)cc1)C(=O)OCC=C. The summed E-state index contributed by atoms with van der Waals surface area (Å²) in [5.74, 6) is -0.458. The Hall–Kier alpha value is -4.22. The molecule has 0 fully saturated rings. The highest BCUT2D eigenvalue weighted by Crippen LogP contribution is 2.26. The van der Waals surface area contributed by atoms with Crippen LogP contribution in [0.1, 0.15) is 18.4 Å². The Bertz CT molecular complexity index is 1220. The summed E-state index contributed by atoms with van der Waals surface area (Å²) in [5, 5.41) is 7.88. The lowest BCUT2D eigenvalue weighted by molar-refractivity contribution is -0.146. The number of esters is 2. The number of anilines is 3. The predicted octanol–water partition coefficient (Wildman–Crippen LogP) is 5.45. The number of hydrogen-bond donors (Lipinski definition) is 3. The van der Waals surface area contributed by atoms with Gasteiger partial charge in [0.05, 0.1) is 11.4 Å². The highest BCUT2D eigenvalue weighted by Gasteiger charge is 2.23. The van der Waals surface area contributed by atoms with Gasteiger partial charge in [-0.3, -0.25) is 10.1 Å². The van der Waals surface area contributed by atoms with E-state index in [1.165, 1.54) is 12.2 Å². The van der Waals surface area contributed by atoms with Crippen LogP contribution in [0.15, 0.2) is 73.8 Å². The zero-order valence-corrected chi connectivity index (χ0v) is 25.2. The lowest BCUT2D eigenvalue weighted by Gasteiger charge is -2.25. The Balaban J connectivity index is 1.91. The molecule has 0 heterocycles. The third kappa shape index (κ3) is 13.1. The first-order chi connectivity index (χ1) is 20.8. The van der Waals surface area contributed by atoms with Crippen LogP contribution in [0.2, 0.25) is 0 Å². The topological polar surface area (TPSA) is 135 Å². The van der Waals surface area contributed by atoms with Crippen LogP contribution in [0.5, 0.6) is 0 Å². The molecule has 2 rings (SSSR count). The van der Waals surface area contributed by atoms with Gasteiger partial charge < -0.3 is 29.7 Å². The van der Waals surface area contributed by atoms with Crippen molar-refractivity contribution in [2.45, 2.75) is 25.5 Å². The summed E-state index contributed by atoms with van der Waals surface area (Å²) in [6.07, 6.45) is 2.03. The van der Waals surface area contributed by atoms with Crippen molar-refractivity contribution >= 4 is 64.3 Å². The Labute approximate surface area is 261 Å². The third-order valence-corrected chi connectivity index (χ3v) is 6.04. The van der Waals surface area contributed by atoms with Gasteiger partial charge in [0, 0.05) is 37.0 Å². The van der Waals surface area contributed by atoms with Crippen molar-refractivity contribution in [3.63, 3.8) is 0 Å². The molecule has 11 nitrogen and oxygen atoms in total. The molecule has 2 aromatic rings. The van der Waals surface area contributed by atoms with Crippen molar-refractivity contribution in [1.29, 1.82) is 0 Å². The Morgan fingerprint density at radius 2 is 1.51 bits per heavy atom. The maximum atomic E-state index is 12.6. The van der Waals surface area contributed by atoms with E-state index < -0.39 is 30.1 Å². The monoisotopic (exact) mass is 634 g/mol. The molecule has 3 amide bonds. The molecule has 232 valence electrons. The van der Waals surface area contributed by atoms with E-state index in [9.17, 15) is 19.2 Å². The van der Waals surface area contributed by atoms with E-state index in [-0.39, 0.29) is 32.7 Å². The van der Waals surface area contributed by atoms with Crippen LogP contribution in [-0.2, 0) is 30.4 Å². The molecule has 0 unspecified atom stereocenters. The molecule has 0 aliphatic heterocycles. The first-order valence-electron chi connectivity index (χ1n) is 13.4. The second kappa shape index (κ2) is 19.8. The molecule has 0 radical (unpaired) electrons. The number of hydrogen-bond acceptors (Lipinski definition) is 8. The molecule has 0 aliphatic carbocycles. The van der Waals surface area contributed by atoms with E-state index in [1.807, 2.05) is 17.0 Å². The number of amides is 3. The van der Waals surface area contributed by atoms with Gasteiger partial charge in [0.1, 0.15) is 25.9 Å². The predicted molar refractivity (Wildman–Crippen MR) is 168 cm³/mol. The maximum absolute atomic E-state index is 12.6. The molecule has 1 atom stereocenters. The highest BCUT2D eigenvalue weighted by molar-refractivity contribution is 6.18. The number of nitrogens with one attached hydrogen (secondary N) is 3. The number of benzene rings is 2. The number of nitrogens with zero attached hydrogens (tertiary/aromatic N) is 1. The second-order valence-corrected chi connectivity index (χ2v) is 9.62. The molecule has 0 bridgehead atoms. The molecular formula is C30H36Cl2N4O7. The van der Waals surface area contributed by atoms with E-state index in [0.717, 1.165) is 5.69 Å². The second-order valence-electron chi connectivity index (χ2n) is 8.86. The van der Waals surface area contributed by atoms with Crippen LogP contribution in [0.3, 0.4) is 0 Å². The normalized spacial score (nSPS) is 10.9. The summed E-state index contributed by atoms with van der Waals surface area (Å²) in [7, 11) is 0. The highest BCUT2D eigenvalue weighted by atomic mass is 35.5. The minimum atomic E-state index is -1.09. The van der Waals surface area contributed by atoms with Gasteiger partial charge in [-0.15, -0.1) is 23.2 Å². The molecule has 0 saturated heterocycles. The Kier molecular flexibility index (Phi) is 16.1. The smallest absolute Gasteiger partial charge is 0.412 e. The molecular weight excluding hydrogens is 599 g/mol. The summed E-state index contributed by atoms with van der Waals surface area (Å²) in [6, 6.07) is 12.1. The molecule has 0 spiro atoms. The molecule has 2 aromatic carbocycles. The van der Waals surface area contributed by atoms with Crippen LogP contribution < -0.4 is 20.9 Å². The van der Waals surface area contributed by atoms with E-state index in [2.05, 4.69) is 29.1 Å². The number of rotatable bonds is 18. The summed E-state index contributed by atoms with van der Waals surface area (Å²) >= 11 is 11.8. The van der Waals surface area contributed by atoms with E-state index in [1.54, 1.807) is 36.4 Å². The molecule has 3 N–H and O–H groups in total. The molecule has 43 heavy (non-hydrogen) atoms. The molecule has 0 aliphatic rings. The zero-order valence-electron chi connectivity index (χ0n) is 23.7.